The lowest BCUT2D eigenvalue weighted by atomic mass is 9.87. The number of halogens is 1. The zero-order valence-corrected chi connectivity index (χ0v) is 19.7. The minimum absolute atomic E-state index is 0.190. The number of hydrogen-bond donors (Lipinski definition) is 0. The molecule has 2 unspecified atom stereocenters. The maximum Gasteiger partial charge on any atom is 0.326 e. The van der Waals surface area contributed by atoms with E-state index in [-0.39, 0.29) is 23.9 Å². The maximum atomic E-state index is 13.6. The van der Waals surface area contributed by atoms with E-state index in [2.05, 4.69) is 0 Å². The van der Waals surface area contributed by atoms with Gasteiger partial charge in [0.25, 0.3) is 0 Å². The second-order valence-electron chi connectivity index (χ2n) is 7.47. The van der Waals surface area contributed by atoms with E-state index >= 15 is 0 Å². The third kappa shape index (κ3) is 3.64. The molecule has 0 bridgehead atoms. The molecule has 2 aliphatic heterocycles. The van der Waals surface area contributed by atoms with Crippen molar-refractivity contribution in [2.45, 2.75) is 29.7 Å². The van der Waals surface area contributed by atoms with Crippen LogP contribution in [0.2, 0.25) is 0 Å². The summed E-state index contributed by atoms with van der Waals surface area (Å²) in [4.78, 5) is 54.2. The molecule has 170 valence electrons. The molecule has 2 aliphatic rings. The first kappa shape index (κ1) is 22.1. The third-order valence-electron chi connectivity index (χ3n) is 5.58. The number of nitrogens with zero attached hydrogens (tertiary/aromatic N) is 2. The van der Waals surface area contributed by atoms with Gasteiger partial charge in [-0.3, -0.25) is 23.7 Å². The van der Waals surface area contributed by atoms with Gasteiger partial charge in [0.1, 0.15) is 17.6 Å². The van der Waals surface area contributed by atoms with Crippen LogP contribution in [0.5, 0.6) is 0 Å². The van der Waals surface area contributed by atoms with E-state index in [0.717, 1.165) is 32.9 Å². The molecular formula is C22H17FN2O5S3. The Labute approximate surface area is 199 Å². The molecule has 7 nitrogen and oxygen atoms in total. The molecule has 0 aliphatic carbocycles. The summed E-state index contributed by atoms with van der Waals surface area (Å²) < 4.78 is 19.8. The highest BCUT2D eigenvalue weighted by atomic mass is 32.2. The Hall–Kier alpha value is -2.76. The molecule has 1 aromatic carbocycles. The van der Waals surface area contributed by atoms with Crippen molar-refractivity contribution in [2.24, 2.45) is 5.92 Å². The Balaban J connectivity index is 1.61. The molecule has 0 radical (unpaired) electrons. The van der Waals surface area contributed by atoms with Gasteiger partial charge in [-0.15, -0.1) is 11.3 Å². The number of carbonyl (C=O) groups excluding carboxylic acids is 3. The van der Waals surface area contributed by atoms with Crippen LogP contribution in [0.15, 0.2) is 51.6 Å². The number of carbonyl (C=O) groups is 3. The fourth-order valence-corrected chi connectivity index (χ4v) is 7.93. The summed E-state index contributed by atoms with van der Waals surface area (Å²) in [7, 11) is 0. The van der Waals surface area contributed by atoms with Crippen LogP contribution in [-0.2, 0) is 25.7 Å². The van der Waals surface area contributed by atoms with E-state index in [1.54, 1.807) is 6.92 Å². The Morgan fingerprint density at radius 2 is 1.88 bits per heavy atom. The second kappa shape index (κ2) is 8.54. The number of thiazole rings is 1. The highest BCUT2D eigenvalue weighted by Crippen LogP contribution is 2.54. The number of amides is 2. The van der Waals surface area contributed by atoms with Crippen LogP contribution in [0.3, 0.4) is 0 Å². The molecule has 4 heterocycles. The fraction of sp³-hybridized carbons (Fsp3) is 0.273. The van der Waals surface area contributed by atoms with Crippen LogP contribution < -0.4 is 9.77 Å². The van der Waals surface area contributed by atoms with Gasteiger partial charge in [0, 0.05) is 15.7 Å². The number of anilines is 1. The molecule has 2 amide bonds. The van der Waals surface area contributed by atoms with Gasteiger partial charge in [-0.25, -0.2) is 9.29 Å². The fourth-order valence-electron chi connectivity index (χ4n) is 4.21. The van der Waals surface area contributed by atoms with Gasteiger partial charge in [-0.1, -0.05) is 29.2 Å². The highest BCUT2D eigenvalue weighted by Gasteiger charge is 2.57. The van der Waals surface area contributed by atoms with Crippen molar-refractivity contribution in [1.82, 2.24) is 4.57 Å². The molecule has 2 aromatic heterocycles. The summed E-state index contributed by atoms with van der Waals surface area (Å²) in [6.45, 7) is 1.61. The topological polar surface area (TPSA) is 85.7 Å². The first-order valence-electron chi connectivity index (χ1n) is 10.1. The molecule has 0 N–H and O–H groups in total. The number of thioether (sulfide) groups is 1. The van der Waals surface area contributed by atoms with Gasteiger partial charge in [-0.05, 0) is 42.6 Å². The van der Waals surface area contributed by atoms with Gasteiger partial charge in [0.2, 0.25) is 11.8 Å². The first-order chi connectivity index (χ1) is 15.9. The van der Waals surface area contributed by atoms with Crippen LogP contribution in [0, 0.1) is 11.7 Å². The van der Waals surface area contributed by atoms with Gasteiger partial charge < -0.3 is 4.74 Å². The van der Waals surface area contributed by atoms with Crippen molar-refractivity contribution < 1.29 is 23.5 Å². The Bertz CT molecular complexity index is 1300. The van der Waals surface area contributed by atoms with Gasteiger partial charge in [-0.2, -0.15) is 0 Å². The third-order valence-corrected chi connectivity index (χ3v) is 9.14. The summed E-state index contributed by atoms with van der Waals surface area (Å²) in [6.07, 6.45) is 0. The minimum atomic E-state index is -0.774. The normalized spacial score (nSPS) is 21.8. The van der Waals surface area contributed by atoms with Gasteiger partial charge >= 0.3 is 10.8 Å². The van der Waals surface area contributed by atoms with Gasteiger partial charge in [0.15, 0.2) is 0 Å². The molecule has 33 heavy (non-hydrogen) atoms. The molecule has 1 fully saturated rings. The predicted molar refractivity (Wildman–Crippen MR) is 123 cm³/mol. The standard InChI is InChI=1S/C22H17FN2O5S3/c1-2-30-14(26)10-24-21-18(33-22(24)29)15(13-4-3-9-31-13)16-17(32-21)20(28)25(19(16)27)12-7-5-11(23)6-8-12/h3-9,15-17H,2,10H2,1H3/t15-,16?,17?/m1/s1. The Kier molecular flexibility index (Phi) is 5.71. The number of esters is 1. The zero-order chi connectivity index (χ0) is 23.3. The maximum absolute atomic E-state index is 13.6. The minimum Gasteiger partial charge on any atom is -0.465 e. The van der Waals surface area contributed by atoms with E-state index in [1.807, 2.05) is 17.5 Å². The highest BCUT2D eigenvalue weighted by molar-refractivity contribution is 8.00. The average molecular weight is 505 g/mol. The molecule has 5 rings (SSSR count). The molecule has 3 aromatic rings. The number of ether oxygens (including phenoxy) is 1. The number of imide groups is 1. The van der Waals surface area contributed by atoms with E-state index in [1.165, 1.54) is 40.2 Å². The van der Waals surface area contributed by atoms with Crippen LogP contribution in [-0.4, -0.2) is 34.2 Å². The lowest BCUT2D eigenvalue weighted by Gasteiger charge is -2.29. The number of benzene rings is 1. The van der Waals surface area contributed by atoms with E-state index in [0.29, 0.717) is 15.6 Å². The quantitative estimate of drug-likeness (QED) is 0.391. The van der Waals surface area contributed by atoms with E-state index in [4.69, 9.17) is 4.74 Å². The largest absolute Gasteiger partial charge is 0.465 e. The number of aromatic nitrogens is 1. The molecule has 0 spiro atoms. The molecule has 0 saturated carbocycles. The van der Waals surface area contributed by atoms with E-state index in [9.17, 15) is 23.6 Å². The summed E-state index contributed by atoms with van der Waals surface area (Å²) in [5.41, 5.74) is 0.304. The lowest BCUT2D eigenvalue weighted by Crippen LogP contribution is -2.32. The summed E-state index contributed by atoms with van der Waals surface area (Å²) in [5, 5.41) is 1.62. The number of thiophene rings is 1. The van der Waals surface area contributed by atoms with E-state index < -0.39 is 34.8 Å². The molecule has 3 atom stereocenters. The lowest BCUT2D eigenvalue weighted by molar-refractivity contribution is -0.144. The first-order valence-corrected chi connectivity index (χ1v) is 12.7. The number of rotatable bonds is 5. The van der Waals surface area contributed by atoms with Gasteiger partial charge in [0.05, 0.1) is 23.2 Å². The van der Waals surface area contributed by atoms with Crippen molar-refractivity contribution in [3.63, 3.8) is 0 Å². The summed E-state index contributed by atoms with van der Waals surface area (Å²) in [5.74, 6) is -3.02. The van der Waals surface area contributed by atoms with Crippen molar-refractivity contribution >= 4 is 57.9 Å². The predicted octanol–water partition coefficient (Wildman–Crippen LogP) is 3.47. The van der Waals surface area contributed by atoms with Crippen molar-refractivity contribution in [3.05, 3.63) is 67.0 Å². The Morgan fingerprint density at radius 3 is 2.55 bits per heavy atom. The monoisotopic (exact) mass is 504 g/mol. The van der Waals surface area contributed by atoms with Crippen molar-refractivity contribution in [2.75, 3.05) is 11.5 Å². The molecule has 11 heteroatoms. The van der Waals surface area contributed by atoms with Crippen molar-refractivity contribution in [3.8, 4) is 0 Å². The summed E-state index contributed by atoms with van der Waals surface area (Å²) >= 11 is 3.57. The van der Waals surface area contributed by atoms with Crippen LogP contribution in [0.1, 0.15) is 22.6 Å². The number of fused-ring (bicyclic) bond motifs is 2. The SMILES string of the molecule is CCOC(=O)Cn1c2c(sc1=O)[C@H](c1cccs1)C1C(=O)N(c3ccc(F)cc3)C(=O)C1S2. The van der Waals surface area contributed by atoms with Crippen LogP contribution >= 0.6 is 34.4 Å². The summed E-state index contributed by atoms with van der Waals surface area (Å²) in [6, 6.07) is 8.95. The molecule has 1 saturated heterocycles. The molecular weight excluding hydrogens is 487 g/mol. The smallest absolute Gasteiger partial charge is 0.326 e. The second-order valence-corrected chi connectivity index (χ2v) is 10.6. The van der Waals surface area contributed by atoms with Crippen LogP contribution in [0.25, 0.3) is 0 Å². The average Bonchev–Trinajstić information content (AvgIpc) is 3.48. The number of hydrogen-bond acceptors (Lipinski definition) is 8. The van der Waals surface area contributed by atoms with Crippen LogP contribution in [0.4, 0.5) is 10.1 Å². The van der Waals surface area contributed by atoms with Crippen molar-refractivity contribution in [1.29, 1.82) is 0 Å². The zero-order valence-electron chi connectivity index (χ0n) is 17.2. The Morgan fingerprint density at radius 1 is 1.12 bits per heavy atom.